The molecule has 6 nitrogen and oxygen atoms in total. The van der Waals surface area contributed by atoms with E-state index in [1.165, 1.54) is 122 Å². The number of amides is 1. The first-order chi connectivity index (χ1) is 22.0. The number of hydrogen-bond donors (Lipinski definition) is 2. The van der Waals surface area contributed by atoms with Gasteiger partial charge in [-0.1, -0.05) is 161 Å². The monoisotopic (exact) mass is 636 g/mol. The molecular formula is C39H73NO5. The summed E-state index contributed by atoms with van der Waals surface area (Å²) in [5, 5.41) is 11.0. The number of carboxylic acids is 1. The first kappa shape index (κ1) is 43.1. The van der Waals surface area contributed by atoms with Gasteiger partial charge in [-0.05, 0) is 44.6 Å². The number of hydrogen-bond acceptors (Lipinski definition) is 4. The van der Waals surface area contributed by atoms with Gasteiger partial charge in [0, 0.05) is 12.8 Å². The summed E-state index contributed by atoms with van der Waals surface area (Å²) in [4.78, 5) is 34.7. The molecule has 0 fully saturated rings. The first-order valence-electron chi connectivity index (χ1n) is 19.3. The maximum absolute atomic E-state index is 12.5. The SMILES string of the molecule is CCCCC/C=C\C(CCCCCCC(=O)NCC(=O)O)OC(=O)CCCCCCCCCCCCCCCCCCCCC. The van der Waals surface area contributed by atoms with Crippen LogP contribution in [0.3, 0.4) is 0 Å². The van der Waals surface area contributed by atoms with Crippen LogP contribution < -0.4 is 5.32 Å². The van der Waals surface area contributed by atoms with Crippen LogP contribution in [0.1, 0.15) is 206 Å². The summed E-state index contributed by atoms with van der Waals surface area (Å²) < 4.78 is 5.85. The molecule has 0 aromatic heterocycles. The molecule has 264 valence electrons. The van der Waals surface area contributed by atoms with Crippen LogP contribution in [0.4, 0.5) is 0 Å². The van der Waals surface area contributed by atoms with Crippen molar-refractivity contribution in [1.29, 1.82) is 0 Å². The van der Waals surface area contributed by atoms with Crippen molar-refractivity contribution < 1.29 is 24.2 Å². The molecule has 45 heavy (non-hydrogen) atoms. The Morgan fingerprint density at radius 1 is 0.578 bits per heavy atom. The number of aliphatic carboxylic acids is 1. The number of allylic oxidation sites excluding steroid dienone is 1. The lowest BCUT2D eigenvalue weighted by Crippen LogP contribution is -2.28. The highest BCUT2D eigenvalue weighted by Crippen LogP contribution is 2.16. The van der Waals surface area contributed by atoms with Crippen LogP contribution in [0.5, 0.6) is 0 Å². The largest absolute Gasteiger partial charge is 0.480 e. The Hall–Kier alpha value is -1.85. The molecule has 0 heterocycles. The fraction of sp³-hybridized carbons (Fsp3) is 0.872. The molecule has 0 rings (SSSR count). The van der Waals surface area contributed by atoms with Gasteiger partial charge >= 0.3 is 11.9 Å². The molecule has 0 aromatic rings. The van der Waals surface area contributed by atoms with Crippen LogP contribution in [0.15, 0.2) is 12.2 Å². The predicted molar refractivity (Wildman–Crippen MR) is 190 cm³/mol. The molecule has 0 spiro atoms. The first-order valence-corrected chi connectivity index (χ1v) is 19.3. The highest BCUT2D eigenvalue weighted by atomic mass is 16.5. The molecular weight excluding hydrogens is 562 g/mol. The van der Waals surface area contributed by atoms with E-state index in [1.54, 1.807) is 0 Å². The maximum Gasteiger partial charge on any atom is 0.322 e. The highest BCUT2D eigenvalue weighted by Gasteiger charge is 2.12. The standard InChI is InChI=1S/C39H73NO5/c1-3-5-7-9-10-11-12-13-14-15-16-17-18-19-20-21-22-24-30-34-39(44)45-36(31-27-23-8-6-4-2)32-28-25-26-29-33-37(41)40-35-38(42)43/h27,31,36H,3-26,28-30,32-35H2,1-2H3,(H,40,41)(H,42,43)/b31-27-. The molecule has 2 N–H and O–H groups in total. The second-order valence-electron chi connectivity index (χ2n) is 13.2. The fourth-order valence-electron chi connectivity index (χ4n) is 5.78. The van der Waals surface area contributed by atoms with Crippen molar-refractivity contribution in [3.8, 4) is 0 Å². The molecule has 0 saturated carbocycles. The predicted octanol–water partition coefficient (Wildman–Crippen LogP) is 11.4. The van der Waals surface area contributed by atoms with E-state index in [4.69, 9.17) is 9.84 Å². The van der Waals surface area contributed by atoms with Crippen LogP contribution in [0.25, 0.3) is 0 Å². The summed E-state index contributed by atoms with van der Waals surface area (Å²) in [6.07, 6.45) is 39.4. The Bertz CT molecular complexity index is 708. The second kappa shape index (κ2) is 35.0. The van der Waals surface area contributed by atoms with Gasteiger partial charge in [-0.2, -0.15) is 0 Å². The van der Waals surface area contributed by atoms with Crippen molar-refractivity contribution >= 4 is 17.8 Å². The molecule has 1 unspecified atom stereocenters. The van der Waals surface area contributed by atoms with Gasteiger partial charge in [0.2, 0.25) is 5.91 Å². The van der Waals surface area contributed by atoms with E-state index in [0.717, 1.165) is 57.8 Å². The van der Waals surface area contributed by atoms with Gasteiger partial charge in [0.05, 0.1) is 0 Å². The minimum atomic E-state index is -1.03. The van der Waals surface area contributed by atoms with E-state index < -0.39 is 5.97 Å². The van der Waals surface area contributed by atoms with Crippen molar-refractivity contribution in [2.45, 2.75) is 213 Å². The number of esters is 1. The third-order valence-electron chi connectivity index (χ3n) is 8.67. The molecule has 0 saturated heterocycles. The zero-order valence-electron chi connectivity index (χ0n) is 29.7. The number of carboxylic acid groups (broad SMARTS) is 1. The van der Waals surface area contributed by atoms with Crippen LogP contribution in [0.2, 0.25) is 0 Å². The molecule has 6 heteroatoms. The van der Waals surface area contributed by atoms with Crippen molar-refractivity contribution in [2.24, 2.45) is 0 Å². The summed E-state index contributed by atoms with van der Waals surface area (Å²) in [5.41, 5.74) is 0. The van der Waals surface area contributed by atoms with Gasteiger partial charge in [0.1, 0.15) is 12.6 Å². The number of ether oxygens (including phenoxy) is 1. The topological polar surface area (TPSA) is 92.7 Å². The number of carbonyl (C=O) groups is 3. The molecule has 0 bridgehead atoms. The van der Waals surface area contributed by atoms with E-state index in [2.05, 4.69) is 31.3 Å². The second-order valence-corrected chi connectivity index (χ2v) is 13.2. The summed E-state index contributed by atoms with van der Waals surface area (Å²) in [5.74, 6) is -1.32. The normalized spacial score (nSPS) is 12.0. The van der Waals surface area contributed by atoms with Gasteiger partial charge < -0.3 is 15.2 Å². The van der Waals surface area contributed by atoms with E-state index in [-0.39, 0.29) is 24.5 Å². The average molecular weight is 636 g/mol. The molecule has 1 amide bonds. The fourth-order valence-corrected chi connectivity index (χ4v) is 5.78. The third-order valence-corrected chi connectivity index (χ3v) is 8.67. The molecule has 0 aliphatic rings. The number of nitrogens with one attached hydrogen (secondary N) is 1. The Kier molecular flexibility index (Phi) is 33.6. The van der Waals surface area contributed by atoms with Gasteiger partial charge in [-0.3, -0.25) is 14.4 Å². The number of unbranched alkanes of at least 4 members (excludes halogenated alkanes) is 24. The van der Waals surface area contributed by atoms with E-state index in [9.17, 15) is 14.4 Å². The van der Waals surface area contributed by atoms with Crippen LogP contribution in [0, 0.1) is 0 Å². The summed E-state index contributed by atoms with van der Waals surface area (Å²) >= 11 is 0. The van der Waals surface area contributed by atoms with Crippen molar-refractivity contribution in [2.75, 3.05) is 6.54 Å². The lowest BCUT2D eigenvalue weighted by molar-refractivity contribution is -0.147. The minimum absolute atomic E-state index is 0.0831. The summed E-state index contributed by atoms with van der Waals surface area (Å²) in [6, 6.07) is 0. The third kappa shape index (κ3) is 34.9. The van der Waals surface area contributed by atoms with E-state index in [0.29, 0.717) is 12.8 Å². The molecule has 0 radical (unpaired) electrons. The lowest BCUT2D eigenvalue weighted by Gasteiger charge is -2.15. The van der Waals surface area contributed by atoms with E-state index in [1.807, 2.05) is 0 Å². The Balaban J connectivity index is 3.84. The molecule has 0 aromatic carbocycles. The number of rotatable bonds is 35. The van der Waals surface area contributed by atoms with Crippen LogP contribution in [-0.2, 0) is 19.1 Å². The van der Waals surface area contributed by atoms with Crippen molar-refractivity contribution in [3.05, 3.63) is 12.2 Å². The Morgan fingerprint density at radius 3 is 1.49 bits per heavy atom. The smallest absolute Gasteiger partial charge is 0.322 e. The van der Waals surface area contributed by atoms with Gasteiger partial charge in [-0.25, -0.2) is 0 Å². The van der Waals surface area contributed by atoms with Gasteiger partial charge in [0.15, 0.2) is 0 Å². The van der Waals surface area contributed by atoms with Crippen LogP contribution in [-0.4, -0.2) is 35.6 Å². The quantitative estimate of drug-likeness (QED) is 0.0410. The van der Waals surface area contributed by atoms with Crippen LogP contribution >= 0.6 is 0 Å². The maximum atomic E-state index is 12.5. The minimum Gasteiger partial charge on any atom is -0.480 e. The summed E-state index contributed by atoms with van der Waals surface area (Å²) in [7, 11) is 0. The Morgan fingerprint density at radius 2 is 1.00 bits per heavy atom. The zero-order valence-corrected chi connectivity index (χ0v) is 29.7. The zero-order chi connectivity index (χ0) is 33.1. The molecule has 0 aliphatic heterocycles. The van der Waals surface area contributed by atoms with Gasteiger partial charge in [0.25, 0.3) is 0 Å². The average Bonchev–Trinajstić information content (AvgIpc) is 3.02. The van der Waals surface area contributed by atoms with Crippen molar-refractivity contribution in [1.82, 2.24) is 5.32 Å². The van der Waals surface area contributed by atoms with Gasteiger partial charge in [-0.15, -0.1) is 0 Å². The number of carbonyl (C=O) groups excluding carboxylic acids is 2. The Labute approximate surface area is 278 Å². The van der Waals surface area contributed by atoms with Crippen molar-refractivity contribution in [3.63, 3.8) is 0 Å². The van der Waals surface area contributed by atoms with E-state index >= 15 is 0 Å². The molecule has 0 aliphatic carbocycles. The lowest BCUT2D eigenvalue weighted by atomic mass is 10.0. The summed E-state index contributed by atoms with van der Waals surface area (Å²) in [6.45, 7) is 4.16. The molecule has 1 atom stereocenters. The highest BCUT2D eigenvalue weighted by molar-refractivity contribution is 5.80.